The summed E-state index contributed by atoms with van der Waals surface area (Å²) in [6, 6.07) is 5.03. The Bertz CT molecular complexity index is 792. The molecule has 0 radical (unpaired) electrons. The molecule has 2 saturated heterocycles. The van der Waals surface area contributed by atoms with E-state index in [1.165, 1.54) is 22.5 Å². The molecule has 0 aliphatic carbocycles. The van der Waals surface area contributed by atoms with Crippen molar-refractivity contribution in [3.63, 3.8) is 0 Å². The summed E-state index contributed by atoms with van der Waals surface area (Å²) in [5, 5.41) is 14.1. The normalized spacial score (nSPS) is 22.2. The van der Waals surface area contributed by atoms with Crippen LogP contribution in [0.1, 0.15) is 12.8 Å². The Kier molecular flexibility index (Phi) is 5.54. The molecule has 142 valence electrons. The first-order valence-electron chi connectivity index (χ1n) is 8.64. The maximum Gasteiger partial charge on any atom is 0.270 e. The summed E-state index contributed by atoms with van der Waals surface area (Å²) < 4.78 is 27.0. The fourth-order valence-corrected chi connectivity index (χ4v) is 4.98. The fourth-order valence-electron chi connectivity index (χ4n) is 3.41. The standard InChI is InChI=1S/C16H22N4O5S/c21-16(18-9-6-17-7-10-18)13-3-2-8-19(12-13)26(24,25)15-5-1-4-14(11-15)20(22)23/h1,4-5,11,13,17H,2-3,6-10,12H2. The van der Waals surface area contributed by atoms with Gasteiger partial charge >= 0.3 is 0 Å². The van der Waals surface area contributed by atoms with Crippen LogP contribution in [-0.2, 0) is 14.8 Å². The van der Waals surface area contributed by atoms with E-state index in [4.69, 9.17) is 0 Å². The molecule has 2 fully saturated rings. The molecule has 1 aromatic carbocycles. The van der Waals surface area contributed by atoms with Crippen molar-refractivity contribution in [1.29, 1.82) is 0 Å². The number of amides is 1. The number of piperidine rings is 1. The lowest BCUT2D eigenvalue weighted by Crippen LogP contribution is -2.51. The number of hydrogen-bond donors (Lipinski definition) is 1. The van der Waals surface area contributed by atoms with Crippen molar-refractivity contribution in [2.24, 2.45) is 5.92 Å². The van der Waals surface area contributed by atoms with Gasteiger partial charge < -0.3 is 10.2 Å². The molecule has 1 amide bonds. The van der Waals surface area contributed by atoms with Crippen LogP contribution in [0.15, 0.2) is 29.2 Å². The summed E-state index contributed by atoms with van der Waals surface area (Å²) in [7, 11) is -3.87. The van der Waals surface area contributed by atoms with Crippen LogP contribution in [0.3, 0.4) is 0 Å². The first kappa shape index (κ1) is 18.7. The number of nitro benzene ring substituents is 1. The minimum absolute atomic E-state index is 0.00885. The van der Waals surface area contributed by atoms with Crippen LogP contribution >= 0.6 is 0 Å². The van der Waals surface area contributed by atoms with Crippen molar-refractivity contribution in [3.05, 3.63) is 34.4 Å². The number of nitrogens with zero attached hydrogens (tertiary/aromatic N) is 3. The molecule has 1 N–H and O–H groups in total. The molecule has 2 heterocycles. The SMILES string of the molecule is O=C(C1CCCN(S(=O)(=O)c2cccc([N+](=O)[O-])c2)C1)N1CCNCC1. The Morgan fingerprint density at radius 2 is 1.96 bits per heavy atom. The van der Waals surface area contributed by atoms with E-state index in [-0.39, 0.29) is 29.0 Å². The largest absolute Gasteiger partial charge is 0.340 e. The predicted octanol–water partition coefficient (Wildman–Crippen LogP) is 0.427. The zero-order valence-electron chi connectivity index (χ0n) is 14.3. The van der Waals surface area contributed by atoms with Gasteiger partial charge in [0.25, 0.3) is 5.69 Å². The number of sulfonamides is 1. The Labute approximate surface area is 152 Å². The molecule has 0 aromatic heterocycles. The van der Waals surface area contributed by atoms with Crippen molar-refractivity contribution in [3.8, 4) is 0 Å². The van der Waals surface area contributed by atoms with Gasteiger partial charge in [0.05, 0.1) is 15.7 Å². The second-order valence-electron chi connectivity index (χ2n) is 6.53. The summed E-state index contributed by atoms with van der Waals surface area (Å²) in [6.45, 7) is 3.19. The van der Waals surface area contributed by atoms with E-state index >= 15 is 0 Å². The van der Waals surface area contributed by atoms with Gasteiger partial charge in [-0.05, 0) is 18.9 Å². The highest BCUT2D eigenvalue weighted by molar-refractivity contribution is 7.89. The minimum atomic E-state index is -3.87. The van der Waals surface area contributed by atoms with E-state index in [2.05, 4.69) is 5.32 Å². The molecule has 0 bridgehead atoms. The Morgan fingerprint density at radius 3 is 2.65 bits per heavy atom. The van der Waals surface area contributed by atoms with Gasteiger partial charge in [0, 0.05) is 51.4 Å². The maximum absolute atomic E-state index is 12.9. The molecule has 2 aliphatic heterocycles. The topological polar surface area (TPSA) is 113 Å². The summed E-state index contributed by atoms with van der Waals surface area (Å²) in [5.74, 6) is -0.374. The van der Waals surface area contributed by atoms with Crippen LogP contribution in [0.4, 0.5) is 5.69 Å². The molecule has 0 saturated carbocycles. The maximum atomic E-state index is 12.9. The Morgan fingerprint density at radius 1 is 1.23 bits per heavy atom. The molecular formula is C16H22N4O5S. The number of rotatable bonds is 4. The number of carbonyl (C=O) groups excluding carboxylic acids is 1. The molecule has 10 heteroatoms. The van der Waals surface area contributed by atoms with Gasteiger partial charge in [-0.25, -0.2) is 8.42 Å². The number of non-ortho nitro benzene ring substituents is 1. The summed E-state index contributed by atoms with van der Waals surface area (Å²) in [5.41, 5.74) is -0.267. The second-order valence-corrected chi connectivity index (χ2v) is 8.47. The third kappa shape index (κ3) is 3.87. The molecule has 1 unspecified atom stereocenters. The minimum Gasteiger partial charge on any atom is -0.340 e. The van der Waals surface area contributed by atoms with Crippen molar-refractivity contribution in [2.45, 2.75) is 17.7 Å². The molecular weight excluding hydrogens is 360 g/mol. The van der Waals surface area contributed by atoms with Crippen molar-refractivity contribution < 1.29 is 18.1 Å². The van der Waals surface area contributed by atoms with Gasteiger partial charge in [0.2, 0.25) is 15.9 Å². The molecule has 3 rings (SSSR count). The van der Waals surface area contributed by atoms with E-state index < -0.39 is 14.9 Å². The van der Waals surface area contributed by atoms with Crippen LogP contribution in [0.5, 0.6) is 0 Å². The third-order valence-corrected chi connectivity index (χ3v) is 6.69. The Balaban J connectivity index is 1.76. The van der Waals surface area contributed by atoms with Crippen molar-refractivity contribution >= 4 is 21.6 Å². The van der Waals surface area contributed by atoms with Gasteiger partial charge in [0.15, 0.2) is 0 Å². The fraction of sp³-hybridized carbons (Fsp3) is 0.562. The number of hydrogen-bond acceptors (Lipinski definition) is 6. The Hall–Kier alpha value is -2.04. The summed E-state index contributed by atoms with van der Waals surface area (Å²) >= 11 is 0. The van der Waals surface area contributed by atoms with Crippen LogP contribution in [0.25, 0.3) is 0 Å². The lowest BCUT2D eigenvalue weighted by molar-refractivity contribution is -0.385. The smallest absolute Gasteiger partial charge is 0.270 e. The third-order valence-electron chi connectivity index (χ3n) is 4.83. The number of benzene rings is 1. The van der Waals surface area contributed by atoms with Crippen LogP contribution in [-0.4, -0.2) is 67.7 Å². The highest BCUT2D eigenvalue weighted by Crippen LogP contribution is 2.26. The molecule has 0 spiro atoms. The van der Waals surface area contributed by atoms with E-state index in [0.29, 0.717) is 32.5 Å². The highest BCUT2D eigenvalue weighted by Gasteiger charge is 2.35. The average molecular weight is 382 g/mol. The van der Waals surface area contributed by atoms with Gasteiger partial charge in [0.1, 0.15) is 0 Å². The van der Waals surface area contributed by atoms with Crippen LogP contribution in [0, 0.1) is 16.0 Å². The lowest BCUT2D eigenvalue weighted by Gasteiger charge is -2.35. The van der Waals surface area contributed by atoms with Crippen LogP contribution in [0.2, 0.25) is 0 Å². The summed E-state index contributed by atoms with van der Waals surface area (Å²) in [4.78, 5) is 24.7. The zero-order valence-corrected chi connectivity index (χ0v) is 15.2. The van der Waals surface area contributed by atoms with E-state index in [1.54, 1.807) is 4.90 Å². The first-order chi connectivity index (χ1) is 12.4. The number of carbonyl (C=O) groups is 1. The first-order valence-corrected chi connectivity index (χ1v) is 10.1. The highest BCUT2D eigenvalue weighted by atomic mass is 32.2. The predicted molar refractivity (Wildman–Crippen MR) is 94.0 cm³/mol. The lowest BCUT2D eigenvalue weighted by atomic mass is 9.98. The van der Waals surface area contributed by atoms with Gasteiger partial charge in [-0.15, -0.1) is 0 Å². The van der Waals surface area contributed by atoms with Crippen LogP contribution < -0.4 is 5.32 Å². The summed E-state index contributed by atoms with van der Waals surface area (Å²) in [6.07, 6.45) is 1.25. The molecule has 2 aliphatic rings. The molecule has 1 atom stereocenters. The van der Waals surface area contributed by atoms with Gasteiger partial charge in [-0.2, -0.15) is 4.31 Å². The number of piperazine rings is 1. The molecule has 26 heavy (non-hydrogen) atoms. The zero-order chi connectivity index (χ0) is 18.7. The second kappa shape index (κ2) is 7.68. The molecule has 9 nitrogen and oxygen atoms in total. The molecule has 1 aromatic rings. The van der Waals surface area contributed by atoms with E-state index in [9.17, 15) is 23.3 Å². The average Bonchev–Trinajstić information content (AvgIpc) is 2.68. The van der Waals surface area contributed by atoms with Gasteiger partial charge in [-0.1, -0.05) is 6.07 Å². The van der Waals surface area contributed by atoms with E-state index in [0.717, 1.165) is 19.2 Å². The monoisotopic (exact) mass is 382 g/mol. The van der Waals surface area contributed by atoms with Gasteiger partial charge in [-0.3, -0.25) is 14.9 Å². The quantitative estimate of drug-likeness (QED) is 0.597. The van der Waals surface area contributed by atoms with Crippen molar-refractivity contribution in [2.75, 3.05) is 39.3 Å². The van der Waals surface area contributed by atoms with E-state index in [1.807, 2.05) is 0 Å². The number of nitro groups is 1. The van der Waals surface area contributed by atoms with Crippen molar-refractivity contribution in [1.82, 2.24) is 14.5 Å². The number of nitrogens with one attached hydrogen (secondary N) is 1.